The van der Waals surface area contributed by atoms with E-state index in [1.165, 1.54) is 0 Å². The molecule has 3 aromatic rings. The van der Waals surface area contributed by atoms with Crippen LogP contribution in [0, 0.1) is 0 Å². The maximum atomic E-state index is 12.3. The van der Waals surface area contributed by atoms with Gasteiger partial charge in [-0.25, -0.2) is 4.98 Å². The Morgan fingerprint density at radius 1 is 1.10 bits per heavy atom. The van der Waals surface area contributed by atoms with E-state index in [2.05, 4.69) is 18.1 Å². The topological polar surface area (TPSA) is 34.9 Å². The number of benzene rings is 2. The van der Waals surface area contributed by atoms with Gasteiger partial charge in [-0.1, -0.05) is 42.5 Å². The molecule has 0 amide bonds. The Hall–Kier alpha value is -2.68. The number of hydrogen-bond acceptors (Lipinski definition) is 2. The third kappa shape index (κ3) is 2.83. The molecule has 0 unspecified atom stereocenters. The van der Waals surface area contributed by atoms with Gasteiger partial charge in [-0.2, -0.15) is 0 Å². The summed E-state index contributed by atoms with van der Waals surface area (Å²) >= 11 is 0. The van der Waals surface area contributed by atoms with Crippen molar-refractivity contribution in [3.05, 3.63) is 79.9 Å². The Kier molecular flexibility index (Phi) is 4.45. The first-order valence-electron chi connectivity index (χ1n) is 6.31. The van der Waals surface area contributed by atoms with Gasteiger partial charge in [0.1, 0.15) is 0 Å². The fourth-order valence-corrected chi connectivity index (χ4v) is 2.10. The molecule has 20 heavy (non-hydrogen) atoms. The molecule has 3 rings (SSSR count). The van der Waals surface area contributed by atoms with Gasteiger partial charge in [0.2, 0.25) is 0 Å². The zero-order valence-corrected chi connectivity index (χ0v) is 11.2. The van der Waals surface area contributed by atoms with Gasteiger partial charge in [0.25, 0.3) is 0 Å². The molecule has 1 aromatic heterocycles. The number of aromatic nitrogens is 2. The summed E-state index contributed by atoms with van der Waals surface area (Å²) in [6, 6.07) is 13.7. The molecule has 3 heteroatoms. The molecule has 0 saturated heterocycles. The van der Waals surface area contributed by atoms with Gasteiger partial charge in [-0.05, 0) is 10.8 Å². The molecular weight excluding hydrogens is 248 g/mol. The van der Waals surface area contributed by atoms with Crippen LogP contribution in [0.1, 0.15) is 10.4 Å². The molecule has 0 saturated carbocycles. The van der Waals surface area contributed by atoms with Gasteiger partial charge in [0.05, 0.1) is 12.9 Å². The highest BCUT2D eigenvalue weighted by Crippen LogP contribution is 2.19. The van der Waals surface area contributed by atoms with Gasteiger partial charge in [-0.15, -0.1) is 13.2 Å². The lowest BCUT2D eigenvalue weighted by molar-refractivity contribution is 0.0973. The van der Waals surface area contributed by atoms with Gasteiger partial charge >= 0.3 is 0 Å². The summed E-state index contributed by atoms with van der Waals surface area (Å²) in [5.74, 6) is 0.102. The van der Waals surface area contributed by atoms with Crippen molar-refractivity contribution in [3.63, 3.8) is 0 Å². The van der Waals surface area contributed by atoms with Crippen LogP contribution in [0.25, 0.3) is 10.8 Å². The maximum absolute atomic E-state index is 12.3. The Bertz CT molecular complexity index is 697. The Labute approximate surface area is 118 Å². The van der Waals surface area contributed by atoms with Crippen molar-refractivity contribution in [2.45, 2.75) is 6.54 Å². The first kappa shape index (κ1) is 13.7. The van der Waals surface area contributed by atoms with Crippen LogP contribution >= 0.6 is 0 Å². The van der Waals surface area contributed by atoms with E-state index in [0.717, 1.165) is 16.3 Å². The number of rotatable bonds is 3. The number of fused-ring (bicyclic) bond motifs is 1. The van der Waals surface area contributed by atoms with Gasteiger partial charge < -0.3 is 4.57 Å². The minimum atomic E-state index is 0.102. The van der Waals surface area contributed by atoms with Crippen molar-refractivity contribution in [2.75, 3.05) is 0 Å². The summed E-state index contributed by atoms with van der Waals surface area (Å²) in [5, 5.41) is 2.10. The van der Waals surface area contributed by atoms with E-state index >= 15 is 0 Å². The van der Waals surface area contributed by atoms with E-state index in [1.807, 2.05) is 42.5 Å². The highest BCUT2D eigenvalue weighted by atomic mass is 16.1. The van der Waals surface area contributed by atoms with Crippen molar-refractivity contribution in [3.8, 4) is 0 Å². The van der Waals surface area contributed by atoms with E-state index < -0.39 is 0 Å². The molecule has 0 aliphatic heterocycles. The summed E-state index contributed by atoms with van der Waals surface area (Å²) in [5.41, 5.74) is 0.766. The Morgan fingerprint density at radius 3 is 2.60 bits per heavy atom. The molecule has 0 aliphatic carbocycles. The van der Waals surface area contributed by atoms with Crippen molar-refractivity contribution >= 4 is 16.6 Å². The monoisotopic (exact) mass is 264 g/mol. The molecule has 0 aliphatic rings. The summed E-state index contributed by atoms with van der Waals surface area (Å²) in [4.78, 5) is 16.2. The number of Topliss-reactive ketones (excluding diaryl/α,β-unsaturated/α-hetero) is 1. The molecule has 0 atom stereocenters. The highest BCUT2D eigenvalue weighted by Gasteiger charge is 2.09. The molecule has 3 nitrogen and oxygen atoms in total. The number of carbonyl (C=O) groups is 1. The molecule has 100 valence electrons. The standard InChI is InChI=1S/C15H12N2O.C2H4/c18-15(10-17-9-8-16-11-17)14-7-3-5-12-4-1-2-6-13(12)14;1-2/h1-9,11H,10H2;1-2H2. The predicted molar refractivity (Wildman–Crippen MR) is 81.8 cm³/mol. The van der Waals surface area contributed by atoms with Gasteiger partial charge in [0.15, 0.2) is 5.78 Å². The molecular formula is C17H16N2O. The fourth-order valence-electron chi connectivity index (χ4n) is 2.10. The van der Waals surface area contributed by atoms with E-state index in [4.69, 9.17) is 0 Å². The Morgan fingerprint density at radius 2 is 1.85 bits per heavy atom. The summed E-state index contributed by atoms with van der Waals surface area (Å²) < 4.78 is 1.78. The van der Waals surface area contributed by atoms with E-state index in [9.17, 15) is 4.79 Å². The lowest BCUT2D eigenvalue weighted by atomic mass is 10.0. The number of ketones is 1. The number of hydrogen-bond donors (Lipinski definition) is 0. The zero-order valence-electron chi connectivity index (χ0n) is 11.2. The molecule has 0 fully saturated rings. The van der Waals surface area contributed by atoms with Gasteiger partial charge in [0, 0.05) is 18.0 Å². The lowest BCUT2D eigenvalue weighted by Crippen LogP contribution is -2.09. The first-order chi connectivity index (χ1) is 9.84. The highest BCUT2D eigenvalue weighted by molar-refractivity contribution is 6.07. The maximum Gasteiger partial charge on any atom is 0.183 e. The third-order valence-corrected chi connectivity index (χ3v) is 2.98. The van der Waals surface area contributed by atoms with E-state index in [-0.39, 0.29) is 5.78 Å². The average molecular weight is 264 g/mol. The van der Waals surface area contributed by atoms with Crippen molar-refractivity contribution in [2.24, 2.45) is 0 Å². The summed E-state index contributed by atoms with van der Waals surface area (Å²) in [7, 11) is 0. The number of nitrogens with zero attached hydrogens (tertiary/aromatic N) is 2. The second-order valence-electron chi connectivity index (χ2n) is 4.18. The first-order valence-corrected chi connectivity index (χ1v) is 6.31. The van der Waals surface area contributed by atoms with Crippen molar-refractivity contribution < 1.29 is 4.79 Å². The number of carbonyl (C=O) groups excluding carboxylic acids is 1. The largest absolute Gasteiger partial charge is 0.330 e. The third-order valence-electron chi connectivity index (χ3n) is 2.98. The quantitative estimate of drug-likeness (QED) is 0.534. The summed E-state index contributed by atoms with van der Waals surface area (Å²) in [6.07, 6.45) is 5.13. The van der Waals surface area contributed by atoms with Gasteiger partial charge in [-0.3, -0.25) is 4.79 Å². The molecule has 0 spiro atoms. The normalized spacial score (nSPS) is 9.80. The van der Waals surface area contributed by atoms with E-state index in [1.54, 1.807) is 23.3 Å². The fraction of sp³-hybridized carbons (Fsp3) is 0.0588. The van der Waals surface area contributed by atoms with Crippen LogP contribution in [0.15, 0.2) is 74.3 Å². The van der Waals surface area contributed by atoms with Crippen LogP contribution in [0.2, 0.25) is 0 Å². The molecule has 2 aromatic carbocycles. The average Bonchev–Trinajstić information content (AvgIpc) is 3.01. The van der Waals surface area contributed by atoms with Crippen LogP contribution < -0.4 is 0 Å². The van der Waals surface area contributed by atoms with Crippen LogP contribution in [-0.2, 0) is 6.54 Å². The van der Waals surface area contributed by atoms with Crippen molar-refractivity contribution in [1.82, 2.24) is 9.55 Å². The molecule has 0 radical (unpaired) electrons. The molecule has 0 N–H and O–H groups in total. The minimum Gasteiger partial charge on any atom is -0.330 e. The summed E-state index contributed by atoms with van der Waals surface area (Å²) in [6.45, 7) is 6.33. The molecule has 1 heterocycles. The minimum absolute atomic E-state index is 0.102. The predicted octanol–water partition coefficient (Wildman–Crippen LogP) is 3.72. The second-order valence-corrected chi connectivity index (χ2v) is 4.18. The molecule has 0 bridgehead atoms. The van der Waals surface area contributed by atoms with E-state index in [0.29, 0.717) is 6.54 Å². The second kappa shape index (κ2) is 6.48. The lowest BCUT2D eigenvalue weighted by Gasteiger charge is -2.06. The number of imidazole rings is 1. The zero-order chi connectivity index (χ0) is 14.4. The van der Waals surface area contributed by atoms with Crippen LogP contribution in [0.5, 0.6) is 0 Å². The Balaban J connectivity index is 0.000000704. The van der Waals surface area contributed by atoms with Crippen LogP contribution in [-0.4, -0.2) is 15.3 Å². The SMILES string of the molecule is C=C.O=C(Cn1ccnc1)c1cccc2ccccc12. The van der Waals surface area contributed by atoms with Crippen molar-refractivity contribution in [1.29, 1.82) is 0 Å². The van der Waals surface area contributed by atoms with Crippen LogP contribution in [0.3, 0.4) is 0 Å². The van der Waals surface area contributed by atoms with Crippen LogP contribution in [0.4, 0.5) is 0 Å². The smallest absolute Gasteiger partial charge is 0.183 e.